The van der Waals surface area contributed by atoms with E-state index < -0.39 is 4.92 Å². The Labute approximate surface area is 105 Å². The van der Waals surface area contributed by atoms with Gasteiger partial charge in [0.15, 0.2) is 0 Å². The third-order valence-corrected chi connectivity index (χ3v) is 2.60. The largest absolute Gasteiger partial charge is 0.450 e. The molecule has 92 valence electrons. The van der Waals surface area contributed by atoms with Gasteiger partial charge in [0.1, 0.15) is 5.75 Å². The van der Waals surface area contributed by atoms with Crippen molar-refractivity contribution in [2.45, 2.75) is 13.3 Å². The molecule has 0 heterocycles. The first-order valence-corrected chi connectivity index (χ1v) is 5.71. The number of hydrogen-bond acceptors (Lipinski definition) is 3. The molecule has 18 heavy (non-hydrogen) atoms. The van der Waals surface area contributed by atoms with Gasteiger partial charge in [0.25, 0.3) is 0 Å². The minimum atomic E-state index is -0.419. The molecule has 0 saturated carbocycles. The minimum Gasteiger partial charge on any atom is -0.450 e. The maximum absolute atomic E-state index is 11.0. The van der Waals surface area contributed by atoms with E-state index in [2.05, 4.69) is 0 Å². The average Bonchev–Trinajstić information content (AvgIpc) is 2.40. The van der Waals surface area contributed by atoms with E-state index in [-0.39, 0.29) is 11.4 Å². The topological polar surface area (TPSA) is 52.4 Å². The summed E-state index contributed by atoms with van der Waals surface area (Å²) in [5.74, 6) is 0.855. The first kappa shape index (κ1) is 12.1. The molecule has 0 aromatic heterocycles. The molecule has 0 fully saturated rings. The lowest BCUT2D eigenvalue weighted by molar-refractivity contribution is -0.385. The predicted molar refractivity (Wildman–Crippen MR) is 69.0 cm³/mol. The van der Waals surface area contributed by atoms with Gasteiger partial charge < -0.3 is 4.74 Å². The van der Waals surface area contributed by atoms with E-state index in [1.165, 1.54) is 0 Å². The van der Waals surface area contributed by atoms with Crippen molar-refractivity contribution in [3.63, 3.8) is 0 Å². The van der Waals surface area contributed by atoms with Crippen molar-refractivity contribution in [3.05, 3.63) is 64.2 Å². The van der Waals surface area contributed by atoms with Crippen molar-refractivity contribution in [2.24, 2.45) is 0 Å². The Morgan fingerprint density at radius 2 is 1.89 bits per heavy atom. The second-order valence-corrected chi connectivity index (χ2v) is 3.83. The molecule has 4 heteroatoms. The van der Waals surface area contributed by atoms with Gasteiger partial charge in [-0.3, -0.25) is 10.1 Å². The monoisotopic (exact) mass is 243 g/mol. The third-order valence-electron chi connectivity index (χ3n) is 2.60. The SMILES string of the molecule is CCc1ccc(Oc2ccccc2)c([N+](=O)[O-])c1. The zero-order valence-electron chi connectivity index (χ0n) is 10.00. The van der Waals surface area contributed by atoms with Gasteiger partial charge in [0, 0.05) is 6.07 Å². The molecule has 0 bridgehead atoms. The summed E-state index contributed by atoms with van der Waals surface area (Å²) in [6, 6.07) is 14.1. The molecular weight excluding hydrogens is 230 g/mol. The molecule has 2 aromatic rings. The van der Waals surface area contributed by atoms with Crippen LogP contribution in [0.5, 0.6) is 11.5 Å². The van der Waals surface area contributed by atoms with Gasteiger partial charge in [0.2, 0.25) is 5.75 Å². The van der Waals surface area contributed by atoms with Crippen LogP contribution in [0.4, 0.5) is 5.69 Å². The van der Waals surface area contributed by atoms with Crippen molar-refractivity contribution in [3.8, 4) is 11.5 Å². The first-order valence-electron chi connectivity index (χ1n) is 5.71. The highest BCUT2D eigenvalue weighted by atomic mass is 16.6. The van der Waals surface area contributed by atoms with E-state index in [0.29, 0.717) is 5.75 Å². The molecule has 0 atom stereocenters. The Hall–Kier alpha value is -2.36. The fraction of sp³-hybridized carbons (Fsp3) is 0.143. The fourth-order valence-corrected chi connectivity index (χ4v) is 1.63. The zero-order chi connectivity index (χ0) is 13.0. The van der Waals surface area contributed by atoms with Crippen LogP contribution in [0.1, 0.15) is 12.5 Å². The molecular formula is C14H13NO3. The highest BCUT2D eigenvalue weighted by Crippen LogP contribution is 2.32. The van der Waals surface area contributed by atoms with Gasteiger partial charge in [-0.05, 0) is 30.2 Å². The van der Waals surface area contributed by atoms with E-state index in [0.717, 1.165) is 12.0 Å². The smallest absolute Gasteiger partial charge is 0.311 e. The van der Waals surface area contributed by atoms with Gasteiger partial charge in [-0.25, -0.2) is 0 Å². The Morgan fingerprint density at radius 3 is 2.50 bits per heavy atom. The summed E-state index contributed by atoms with van der Waals surface area (Å²) in [5.41, 5.74) is 0.917. The number of benzene rings is 2. The molecule has 0 saturated heterocycles. The zero-order valence-corrected chi connectivity index (χ0v) is 10.00. The lowest BCUT2D eigenvalue weighted by Crippen LogP contribution is -1.95. The Morgan fingerprint density at radius 1 is 1.17 bits per heavy atom. The molecule has 0 amide bonds. The Balaban J connectivity index is 2.35. The Bertz CT molecular complexity index is 552. The number of hydrogen-bond donors (Lipinski definition) is 0. The first-order chi connectivity index (χ1) is 8.70. The predicted octanol–water partition coefficient (Wildman–Crippen LogP) is 3.95. The van der Waals surface area contributed by atoms with Gasteiger partial charge in [-0.15, -0.1) is 0 Å². The fourth-order valence-electron chi connectivity index (χ4n) is 1.63. The molecule has 4 nitrogen and oxygen atoms in total. The van der Waals surface area contributed by atoms with Crippen molar-refractivity contribution < 1.29 is 9.66 Å². The van der Waals surface area contributed by atoms with Crippen LogP contribution in [0.25, 0.3) is 0 Å². The number of para-hydroxylation sites is 1. The number of nitro groups is 1. The summed E-state index contributed by atoms with van der Waals surface area (Å²) in [6.07, 6.45) is 0.756. The highest BCUT2D eigenvalue weighted by molar-refractivity contribution is 5.50. The van der Waals surface area contributed by atoms with Crippen molar-refractivity contribution in [2.75, 3.05) is 0 Å². The molecule has 2 aromatic carbocycles. The summed E-state index contributed by atoms with van der Waals surface area (Å²) in [7, 11) is 0. The summed E-state index contributed by atoms with van der Waals surface area (Å²) in [5, 5.41) is 11.0. The normalized spacial score (nSPS) is 10.1. The van der Waals surface area contributed by atoms with E-state index in [1.807, 2.05) is 31.2 Å². The van der Waals surface area contributed by atoms with Gasteiger partial charge in [-0.1, -0.05) is 31.2 Å². The summed E-state index contributed by atoms with van der Waals surface area (Å²) in [6.45, 7) is 1.96. The molecule has 0 aliphatic heterocycles. The van der Waals surface area contributed by atoms with Crippen LogP contribution in [-0.4, -0.2) is 4.92 Å². The van der Waals surface area contributed by atoms with E-state index in [4.69, 9.17) is 4.74 Å². The number of rotatable bonds is 4. The van der Waals surface area contributed by atoms with E-state index in [9.17, 15) is 10.1 Å². The van der Waals surface area contributed by atoms with Crippen LogP contribution in [-0.2, 0) is 6.42 Å². The molecule has 0 spiro atoms. The second kappa shape index (κ2) is 5.31. The lowest BCUT2D eigenvalue weighted by Gasteiger charge is -2.07. The molecule has 0 aliphatic rings. The van der Waals surface area contributed by atoms with Crippen LogP contribution >= 0.6 is 0 Å². The van der Waals surface area contributed by atoms with Gasteiger partial charge in [-0.2, -0.15) is 0 Å². The van der Waals surface area contributed by atoms with Crippen molar-refractivity contribution >= 4 is 5.69 Å². The quantitative estimate of drug-likeness (QED) is 0.603. The molecule has 0 aliphatic carbocycles. The summed E-state index contributed by atoms with van der Waals surface area (Å²) < 4.78 is 5.53. The van der Waals surface area contributed by atoms with Crippen LogP contribution < -0.4 is 4.74 Å². The number of ether oxygens (including phenoxy) is 1. The Kier molecular flexibility index (Phi) is 3.57. The summed E-state index contributed by atoms with van der Waals surface area (Å²) >= 11 is 0. The van der Waals surface area contributed by atoms with Crippen LogP contribution in [0.15, 0.2) is 48.5 Å². The van der Waals surface area contributed by atoms with Crippen LogP contribution in [0.3, 0.4) is 0 Å². The van der Waals surface area contributed by atoms with Crippen LogP contribution in [0, 0.1) is 10.1 Å². The van der Waals surface area contributed by atoms with Crippen LogP contribution in [0.2, 0.25) is 0 Å². The van der Waals surface area contributed by atoms with E-state index >= 15 is 0 Å². The average molecular weight is 243 g/mol. The third kappa shape index (κ3) is 2.66. The summed E-state index contributed by atoms with van der Waals surface area (Å²) in [4.78, 5) is 10.6. The van der Waals surface area contributed by atoms with Gasteiger partial charge >= 0.3 is 5.69 Å². The van der Waals surface area contributed by atoms with E-state index in [1.54, 1.807) is 24.3 Å². The standard InChI is InChI=1S/C14H13NO3/c1-2-11-8-9-14(13(10-11)15(16)17)18-12-6-4-3-5-7-12/h3-10H,2H2,1H3. The van der Waals surface area contributed by atoms with Crippen molar-refractivity contribution in [1.29, 1.82) is 0 Å². The molecule has 0 unspecified atom stereocenters. The minimum absolute atomic E-state index is 0.00166. The lowest BCUT2D eigenvalue weighted by atomic mass is 10.1. The molecule has 0 radical (unpaired) electrons. The molecule has 0 N–H and O–H groups in total. The highest BCUT2D eigenvalue weighted by Gasteiger charge is 2.16. The number of nitro benzene ring substituents is 1. The maximum Gasteiger partial charge on any atom is 0.311 e. The molecule has 2 rings (SSSR count). The second-order valence-electron chi connectivity index (χ2n) is 3.83. The van der Waals surface area contributed by atoms with Gasteiger partial charge in [0.05, 0.1) is 4.92 Å². The maximum atomic E-state index is 11.0. The van der Waals surface area contributed by atoms with Crippen molar-refractivity contribution in [1.82, 2.24) is 0 Å². The number of nitrogens with zero attached hydrogens (tertiary/aromatic N) is 1. The number of aryl methyl sites for hydroxylation is 1.